The summed E-state index contributed by atoms with van der Waals surface area (Å²) in [7, 11) is 0. The third-order valence-electron chi connectivity index (χ3n) is 6.15. The number of H-pyrrole nitrogens is 1. The number of hydrogen-bond donors (Lipinski definition) is 1. The van der Waals surface area contributed by atoms with Gasteiger partial charge in [0.15, 0.2) is 11.6 Å². The lowest BCUT2D eigenvalue weighted by Crippen LogP contribution is -2.51. The summed E-state index contributed by atoms with van der Waals surface area (Å²) in [6.07, 6.45) is 0.975. The normalized spacial score (nSPS) is 17.5. The molecule has 170 valence electrons. The van der Waals surface area contributed by atoms with Gasteiger partial charge in [0, 0.05) is 43.2 Å². The van der Waals surface area contributed by atoms with E-state index < -0.39 is 0 Å². The molecule has 1 N–H and O–H groups in total. The second kappa shape index (κ2) is 9.54. The molecule has 1 unspecified atom stereocenters. The second-order valence-electron chi connectivity index (χ2n) is 8.35. The number of hydrogen-bond acceptors (Lipinski definition) is 7. The minimum absolute atomic E-state index is 0.0139. The number of aliphatic imine (C=N–C) groups is 1. The molecule has 1 fully saturated rings. The molecule has 0 spiro atoms. The zero-order valence-corrected chi connectivity index (χ0v) is 18.8. The lowest BCUT2D eigenvalue weighted by molar-refractivity contribution is 0.0669. The van der Waals surface area contributed by atoms with E-state index in [0.717, 1.165) is 44.1 Å². The average Bonchev–Trinajstić information content (AvgIpc) is 3.39. The van der Waals surface area contributed by atoms with Gasteiger partial charge in [0.25, 0.3) is 0 Å². The highest BCUT2D eigenvalue weighted by molar-refractivity contribution is 6.09. The first-order valence-corrected chi connectivity index (χ1v) is 11.5. The molecule has 5 rings (SSSR count). The first-order chi connectivity index (χ1) is 16.2. The van der Waals surface area contributed by atoms with Crippen LogP contribution < -0.4 is 4.90 Å². The topological polar surface area (TPSA) is 86.7 Å². The van der Waals surface area contributed by atoms with Crippen LogP contribution in [0.25, 0.3) is 0 Å². The summed E-state index contributed by atoms with van der Waals surface area (Å²) >= 11 is 0. The predicted molar refractivity (Wildman–Crippen MR) is 127 cm³/mol. The molecule has 2 aliphatic heterocycles. The van der Waals surface area contributed by atoms with E-state index in [4.69, 9.17) is 14.7 Å². The average molecular weight is 445 g/mol. The Morgan fingerprint density at radius 3 is 2.64 bits per heavy atom. The van der Waals surface area contributed by atoms with Crippen molar-refractivity contribution in [3.05, 3.63) is 77.1 Å². The molecule has 1 saturated heterocycles. The number of carbonyl (C=O) groups excluding carboxylic acids is 1. The molecule has 3 aromatic rings. The maximum atomic E-state index is 12.9. The van der Waals surface area contributed by atoms with Gasteiger partial charge in [-0.25, -0.2) is 5.10 Å². The molecule has 2 aliphatic rings. The number of guanidine groups is 1. The third-order valence-corrected chi connectivity index (χ3v) is 6.15. The number of ether oxygens (including phenoxy) is 1. The monoisotopic (exact) mass is 444 g/mol. The van der Waals surface area contributed by atoms with Crippen molar-refractivity contribution >= 4 is 17.7 Å². The van der Waals surface area contributed by atoms with E-state index in [9.17, 15) is 4.79 Å². The zero-order chi connectivity index (χ0) is 22.6. The molecule has 1 atom stereocenters. The number of carbonyl (C=O) groups is 1. The largest absolute Gasteiger partial charge is 0.378 e. The van der Waals surface area contributed by atoms with Crippen LogP contribution in [0.15, 0.2) is 59.6 Å². The van der Waals surface area contributed by atoms with E-state index in [1.165, 1.54) is 0 Å². The van der Waals surface area contributed by atoms with Crippen LogP contribution in [-0.2, 0) is 4.74 Å². The number of nitrogens with one attached hydrogen (secondary N) is 1. The minimum atomic E-state index is -0.0629. The molecule has 0 radical (unpaired) electrons. The molecule has 0 aliphatic carbocycles. The Bertz CT molecular complexity index is 1140. The first-order valence-electron chi connectivity index (χ1n) is 11.5. The fraction of sp³-hybridized carbons (Fsp3) is 0.360. The van der Waals surface area contributed by atoms with Crippen molar-refractivity contribution in [1.82, 2.24) is 20.1 Å². The highest BCUT2D eigenvalue weighted by Gasteiger charge is 2.27. The van der Waals surface area contributed by atoms with Gasteiger partial charge in [0.2, 0.25) is 11.9 Å². The van der Waals surface area contributed by atoms with Gasteiger partial charge in [-0.15, -0.1) is 0 Å². The maximum Gasteiger partial charge on any atom is 0.228 e. The van der Waals surface area contributed by atoms with Gasteiger partial charge in [-0.05, 0) is 18.1 Å². The van der Waals surface area contributed by atoms with Gasteiger partial charge in [-0.1, -0.05) is 55.5 Å². The molecular weight excluding hydrogens is 416 g/mol. The van der Waals surface area contributed by atoms with Crippen LogP contribution in [-0.4, -0.2) is 71.2 Å². The molecule has 3 heterocycles. The highest BCUT2D eigenvalue weighted by Crippen LogP contribution is 2.25. The summed E-state index contributed by atoms with van der Waals surface area (Å²) in [6, 6.07) is 17.1. The van der Waals surface area contributed by atoms with E-state index in [1.807, 2.05) is 54.6 Å². The number of ketones is 1. The second-order valence-corrected chi connectivity index (χ2v) is 8.35. The minimum Gasteiger partial charge on any atom is -0.378 e. The van der Waals surface area contributed by atoms with Crippen molar-refractivity contribution < 1.29 is 9.53 Å². The Kier molecular flexibility index (Phi) is 6.17. The zero-order valence-electron chi connectivity index (χ0n) is 18.8. The molecule has 0 saturated carbocycles. The Balaban J connectivity index is 1.36. The predicted octanol–water partition coefficient (Wildman–Crippen LogP) is 3.09. The summed E-state index contributed by atoms with van der Waals surface area (Å²) in [4.78, 5) is 26.9. The van der Waals surface area contributed by atoms with Crippen LogP contribution in [0.1, 0.15) is 46.6 Å². The molecule has 8 heteroatoms. The highest BCUT2D eigenvalue weighted by atomic mass is 16.5. The van der Waals surface area contributed by atoms with Crippen molar-refractivity contribution in [1.29, 1.82) is 0 Å². The quantitative estimate of drug-likeness (QED) is 0.609. The Morgan fingerprint density at radius 1 is 1.03 bits per heavy atom. The Hall–Kier alpha value is -3.52. The van der Waals surface area contributed by atoms with Crippen LogP contribution in [0, 0.1) is 0 Å². The van der Waals surface area contributed by atoms with Crippen LogP contribution >= 0.6 is 0 Å². The number of anilines is 1. The molecule has 33 heavy (non-hydrogen) atoms. The van der Waals surface area contributed by atoms with Crippen molar-refractivity contribution in [2.24, 2.45) is 4.99 Å². The summed E-state index contributed by atoms with van der Waals surface area (Å²) in [5.41, 5.74) is 2.35. The fourth-order valence-electron chi connectivity index (χ4n) is 4.26. The van der Waals surface area contributed by atoms with Crippen molar-refractivity contribution in [3.8, 4) is 0 Å². The van der Waals surface area contributed by atoms with Crippen molar-refractivity contribution in [2.75, 3.05) is 44.3 Å². The number of nitrogens with zero attached hydrogens (tertiary/aromatic N) is 5. The first kappa shape index (κ1) is 21.3. The van der Waals surface area contributed by atoms with E-state index in [2.05, 4.69) is 26.9 Å². The standard InChI is InChI=1S/C25H28N6O2/c1-18(20-9-5-10-21(17-20)22(32)19-7-3-2-4-8-19)23-27-24(29-28-23)31-12-6-11-26-25(31)30-13-15-33-16-14-30/h2-5,7-10,17-18H,6,11-16H2,1H3,(H,27,28,29). The van der Waals surface area contributed by atoms with E-state index in [0.29, 0.717) is 36.1 Å². The summed E-state index contributed by atoms with van der Waals surface area (Å²) in [5, 5.41) is 7.64. The SMILES string of the molecule is CC(c1cccc(C(=O)c2ccccc2)c1)c1n[nH]c(N2CCCN=C2N2CCOCC2)n1. The van der Waals surface area contributed by atoms with E-state index in [-0.39, 0.29) is 11.7 Å². The van der Waals surface area contributed by atoms with Crippen LogP contribution in [0.3, 0.4) is 0 Å². The van der Waals surface area contributed by atoms with Crippen LogP contribution in [0.5, 0.6) is 0 Å². The summed E-state index contributed by atoms with van der Waals surface area (Å²) in [6.45, 7) is 6.81. The molecule has 0 bridgehead atoms. The Labute approximate surface area is 193 Å². The van der Waals surface area contributed by atoms with Gasteiger partial charge in [-0.2, -0.15) is 10.1 Å². The number of aromatic nitrogens is 3. The molecule has 8 nitrogen and oxygen atoms in total. The van der Waals surface area contributed by atoms with Crippen LogP contribution in [0.2, 0.25) is 0 Å². The van der Waals surface area contributed by atoms with Gasteiger partial charge in [0.05, 0.1) is 13.2 Å². The van der Waals surface area contributed by atoms with Crippen molar-refractivity contribution in [2.45, 2.75) is 19.3 Å². The number of benzene rings is 2. The lowest BCUT2D eigenvalue weighted by atomic mass is 9.95. The van der Waals surface area contributed by atoms with Gasteiger partial charge in [0.1, 0.15) is 0 Å². The molecule has 0 amide bonds. The summed E-state index contributed by atoms with van der Waals surface area (Å²) in [5.74, 6) is 2.29. The van der Waals surface area contributed by atoms with Crippen LogP contribution in [0.4, 0.5) is 5.95 Å². The lowest BCUT2D eigenvalue weighted by Gasteiger charge is -2.36. The number of rotatable bonds is 5. The molecule has 2 aromatic carbocycles. The third kappa shape index (κ3) is 4.52. The van der Waals surface area contributed by atoms with E-state index >= 15 is 0 Å². The van der Waals surface area contributed by atoms with Gasteiger partial charge >= 0.3 is 0 Å². The van der Waals surface area contributed by atoms with Crippen molar-refractivity contribution in [3.63, 3.8) is 0 Å². The number of aromatic amines is 1. The van der Waals surface area contributed by atoms with Gasteiger partial charge < -0.3 is 9.64 Å². The smallest absolute Gasteiger partial charge is 0.228 e. The number of morpholine rings is 1. The van der Waals surface area contributed by atoms with E-state index in [1.54, 1.807) is 0 Å². The molecular formula is C25H28N6O2. The fourth-order valence-corrected chi connectivity index (χ4v) is 4.26. The Morgan fingerprint density at radius 2 is 1.82 bits per heavy atom. The molecule has 1 aromatic heterocycles. The maximum absolute atomic E-state index is 12.9. The van der Waals surface area contributed by atoms with Gasteiger partial charge in [-0.3, -0.25) is 14.7 Å². The summed E-state index contributed by atoms with van der Waals surface area (Å²) < 4.78 is 5.50.